The molecule has 0 saturated carbocycles. The predicted molar refractivity (Wildman–Crippen MR) is 239 cm³/mol. The van der Waals surface area contributed by atoms with Gasteiger partial charge in [-0.05, 0) is 74.5 Å². The van der Waals surface area contributed by atoms with Crippen molar-refractivity contribution in [2.45, 2.75) is 0 Å². The summed E-state index contributed by atoms with van der Waals surface area (Å²) in [4.78, 5) is 5.53. The summed E-state index contributed by atoms with van der Waals surface area (Å²) in [6, 6.07) is 67.8. The lowest BCUT2D eigenvalue weighted by atomic mass is 9.95. The minimum Gasteiger partial charge on any atom is -0.455 e. The largest absolute Gasteiger partial charge is 0.455 e. The fourth-order valence-corrected chi connectivity index (χ4v) is 9.88. The van der Waals surface area contributed by atoms with Crippen molar-refractivity contribution >= 4 is 85.8 Å². The molecule has 3 heteroatoms. The molecule has 0 aliphatic rings. The lowest BCUT2D eigenvalue weighted by molar-refractivity contribution is 0.671. The van der Waals surface area contributed by atoms with Gasteiger partial charge in [-0.15, -0.1) is 11.3 Å². The van der Waals surface area contributed by atoms with Crippen molar-refractivity contribution in [3.05, 3.63) is 188 Å². The molecule has 56 heavy (non-hydrogen) atoms. The van der Waals surface area contributed by atoms with Gasteiger partial charge in [-0.1, -0.05) is 152 Å². The molecule has 12 rings (SSSR count). The van der Waals surface area contributed by atoms with Crippen LogP contribution in [0.2, 0.25) is 0 Å². The van der Waals surface area contributed by atoms with Crippen molar-refractivity contribution in [3.63, 3.8) is 0 Å². The van der Waals surface area contributed by atoms with E-state index in [0.29, 0.717) is 0 Å². The van der Waals surface area contributed by atoms with Gasteiger partial charge in [-0.2, -0.15) is 0 Å². The van der Waals surface area contributed by atoms with Crippen molar-refractivity contribution < 1.29 is 4.42 Å². The van der Waals surface area contributed by atoms with E-state index in [4.69, 9.17) is 9.40 Å². The van der Waals surface area contributed by atoms with Gasteiger partial charge in [-0.3, -0.25) is 0 Å². The van der Waals surface area contributed by atoms with Gasteiger partial charge in [0.2, 0.25) is 0 Å². The maximum atomic E-state index is 6.84. The molecular weight excluding hydrogens is 699 g/mol. The lowest BCUT2D eigenvalue weighted by Crippen LogP contribution is -1.92. The second kappa shape index (κ2) is 12.2. The molecule has 0 amide bonds. The highest BCUT2D eigenvalue weighted by Crippen LogP contribution is 2.45. The van der Waals surface area contributed by atoms with Gasteiger partial charge >= 0.3 is 0 Å². The maximum absolute atomic E-state index is 6.84. The van der Waals surface area contributed by atoms with Crippen molar-refractivity contribution in [1.29, 1.82) is 0 Å². The number of para-hydroxylation sites is 2. The first-order valence-corrected chi connectivity index (χ1v) is 19.8. The Bertz CT molecular complexity index is 3540. The SMILES string of the molecule is c1ccc(-c2cccc3c2oc2c(-c4cccc(-c5cc6c(ccc7sc8cc9ccccc9cc8c76)c(-c6ccc7ccccc7c6)n5)c4)cccc23)cc1. The smallest absolute Gasteiger partial charge is 0.143 e. The summed E-state index contributed by atoms with van der Waals surface area (Å²) < 4.78 is 9.42. The zero-order chi connectivity index (χ0) is 36.7. The van der Waals surface area contributed by atoms with E-state index in [1.807, 2.05) is 11.3 Å². The topological polar surface area (TPSA) is 26.0 Å². The van der Waals surface area contributed by atoms with E-state index in [2.05, 4.69) is 188 Å². The van der Waals surface area contributed by atoms with Gasteiger partial charge < -0.3 is 4.42 Å². The summed E-state index contributed by atoms with van der Waals surface area (Å²) >= 11 is 1.87. The number of hydrogen-bond donors (Lipinski definition) is 0. The quantitative estimate of drug-likeness (QED) is 0.180. The van der Waals surface area contributed by atoms with Gasteiger partial charge in [-0.25, -0.2) is 4.98 Å². The predicted octanol–water partition coefficient (Wildman–Crippen LogP) is 15.5. The Morgan fingerprint density at radius 3 is 1.79 bits per heavy atom. The van der Waals surface area contributed by atoms with E-state index < -0.39 is 0 Å². The monoisotopic (exact) mass is 729 g/mol. The third kappa shape index (κ3) is 4.85. The van der Waals surface area contributed by atoms with Crippen molar-refractivity contribution in [2.24, 2.45) is 0 Å². The second-order valence-electron chi connectivity index (χ2n) is 14.7. The van der Waals surface area contributed by atoms with Gasteiger partial charge in [0.15, 0.2) is 0 Å². The highest BCUT2D eigenvalue weighted by Gasteiger charge is 2.19. The average Bonchev–Trinajstić information content (AvgIpc) is 3.83. The first-order valence-electron chi connectivity index (χ1n) is 19.0. The normalized spacial score (nSPS) is 11.9. The molecule has 0 aliphatic carbocycles. The Hall–Kier alpha value is -7.07. The maximum Gasteiger partial charge on any atom is 0.143 e. The van der Waals surface area contributed by atoms with E-state index in [9.17, 15) is 0 Å². The number of pyridine rings is 1. The number of fused-ring (bicyclic) bond motifs is 10. The molecular formula is C53H31NOS. The fourth-order valence-electron chi connectivity index (χ4n) is 8.73. The second-order valence-corrected chi connectivity index (χ2v) is 15.7. The Morgan fingerprint density at radius 2 is 1.00 bits per heavy atom. The Balaban J connectivity index is 1.09. The average molecular weight is 730 g/mol. The van der Waals surface area contributed by atoms with Crippen LogP contribution in [0.4, 0.5) is 0 Å². The zero-order valence-electron chi connectivity index (χ0n) is 30.2. The lowest BCUT2D eigenvalue weighted by Gasteiger charge is -2.13. The molecule has 0 bridgehead atoms. The molecule has 0 atom stereocenters. The minimum atomic E-state index is 0.894. The van der Waals surface area contributed by atoms with Crippen molar-refractivity contribution in [1.82, 2.24) is 4.98 Å². The molecule has 0 unspecified atom stereocenters. The Kier molecular flexibility index (Phi) is 6.83. The van der Waals surface area contributed by atoms with Crippen LogP contribution in [-0.2, 0) is 0 Å². The summed E-state index contributed by atoms with van der Waals surface area (Å²) in [7, 11) is 0. The number of furan rings is 1. The molecule has 0 fully saturated rings. The molecule has 0 saturated heterocycles. The first kappa shape index (κ1) is 31.3. The first-order chi connectivity index (χ1) is 27.7. The highest BCUT2D eigenvalue weighted by atomic mass is 32.1. The molecule has 0 N–H and O–H groups in total. The van der Waals surface area contributed by atoms with Crippen molar-refractivity contribution in [2.75, 3.05) is 0 Å². The van der Waals surface area contributed by atoms with Crippen molar-refractivity contribution in [3.8, 4) is 44.8 Å². The van der Waals surface area contributed by atoms with Gasteiger partial charge in [0, 0.05) is 58.6 Å². The van der Waals surface area contributed by atoms with E-state index in [1.54, 1.807) is 0 Å². The standard InChI is InChI=1S/C53H31NOS/c1-2-12-33(13-3-1)40-19-9-21-43-44-22-10-20-41(53(44)55-52(40)43)37-17-8-18-38(28-37)47-31-45-42(51(54-47)39-24-23-32-11-4-5-14-34(32)27-39)25-26-48-50(45)46-29-35-15-6-7-16-36(35)30-49(46)56-48/h1-31H. The number of aromatic nitrogens is 1. The molecule has 3 heterocycles. The summed E-state index contributed by atoms with van der Waals surface area (Å²) in [5.74, 6) is 0. The van der Waals surface area contributed by atoms with Gasteiger partial charge in [0.05, 0.1) is 11.4 Å². The van der Waals surface area contributed by atoms with E-state index >= 15 is 0 Å². The molecule has 0 spiro atoms. The number of benzene rings is 9. The van der Waals surface area contributed by atoms with Crippen LogP contribution < -0.4 is 0 Å². The molecule has 0 radical (unpaired) electrons. The number of rotatable bonds is 4. The number of nitrogens with zero attached hydrogens (tertiary/aromatic N) is 1. The molecule has 9 aromatic carbocycles. The molecule has 12 aromatic rings. The van der Waals surface area contributed by atoms with Crippen LogP contribution in [0.1, 0.15) is 0 Å². The fraction of sp³-hybridized carbons (Fsp3) is 0. The van der Waals surface area contributed by atoms with E-state index in [0.717, 1.165) is 72.1 Å². The summed E-state index contributed by atoms with van der Waals surface area (Å²) in [5, 5.41) is 12.1. The van der Waals surface area contributed by atoms with Crippen LogP contribution in [0.25, 0.3) is 119 Å². The molecule has 2 nitrogen and oxygen atoms in total. The van der Waals surface area contributed by atoms with Crippen LogP contribution in [-0.4, -0.2) is 4.98 Å². The summed E-state index contributed by atoms with van der Waals surface area (Å²) in [6.45, 7) is 0. The molecule has 260 valence electrons. The minimum absolute atomic E-state index is 0.894. The summed E-state index contributed by atoms with van der Waals surface area (Å²) in [5.41, 5.74) is 10.3. The van der Waals surface area contributed by atoms with Crippen LogP contribution in [0, 0.1) is 0 Å². The third-order valence-electron chi connectivity index (χ3n) is 11.4. The Morgan fingerprint density at radius 1 is 0.357 bits per heavy atom. The van der Waals surface area contributed by atoms with E-state index in [-0.39, 0.29) is 0 Å². The Labute approximate surface area is 326 Å². The number of hydrogen-bond acceptors (Lipinski definition) is 3. The van der Waals surface area contributed by atoms with Gasteiger partial charge in [0.1, 0.15) is 11.2 Å². The highest BCUT2D eigenvalue weighted by molar-refractivity contribution is 7.26. The van der Waals surface area contributed by atoms with E-state index in [1.165, 1.54) is 47.1 Å². The van der Waals surface area contributed by atoms with Crippen LogP contribution >= 0.6 is 11.3 Å². The number of thiophene rings is 1. The summed E-state index contributed by atoms with van der Waals surface area (Å²) in [6.07, 6.45) is 0. The van der Waals surface area contributed by atoms with Crippen LogP contribution in [0.3, 0.4) is 0 Å². The zero-order valence-corrected chi connectivity index (χ0v) is 31.0. The molecule has 3 aromatic heterocycles. The van der Waals surface area contributed by atoms with Crippen LogP contribution in [0.5, 0.6) is 0 Å². The molecule has 0 aliphatic heterocycles. The van der Waals surface area contributed by atoms with Gasteiger partial charge in [0.25, 0.3) is 0 Å². The van der Waals surface area contributed by atoms with Crippen LogP contribution in [0.15, 0.2) is 192 Å². The third-order valence-corrected chi connectivity index (χ3v) is 12.5.